The Kier molecular flexibility index (Phi) is 2.29. The molecule has 2 bridgehead atoms. The topological polar surface area (TPSA) is 62.2 Å². The van der Waals surface area contributed by atoms with Gasteiger partial charge in [0.15, 0.2) is 11.5 Å². The number of fused-ring (bicyclic) bond motifs is 8. The molecular weight excluding hydrogens is 270 g/mol. The van der Waals surface area contributed by atoms with Crippen LogP contribution in [0.4, 0.5) is 0 Å². The zero-order valence-electron chi connectivity index (χ0n) is 11.5. The van der Waals surface area contributed by atoms with Crippen molar-refractivity contribution < 1.29 is 19.7 Å². The van der Waals surface area contributed by atoms with Gasteiger partial charge in [-0.15, -0.1) is 0 Å². The standard InChI is InChI=1S/C16H17NO4/c18-13-2-10-11-6-17(12(10)4-14(13)19)5-8-1-15-16(3-9(8)11)21-7-20-15/h1-3,11-14,18-19H,4-7H2/t11-,12-,13+,14-/m1/s1. The lowest BCUT2D eigenvalue weighted by Crippen LogP contribution is -2.39. The van der Waals surface area contributed by atoms with E-state index in [9.17, 15) is 10.2 Å². The van der Waals surface area contributed by atoms with Crippen molar-refractivity contribution in [1.29, 1.82) is 0 Å². The van der Waals surface area contributed by atoms with Crippen molar-refractivity contribution >= 4 is 0 Å². The minimum atomic E-state index is -0.741. The monoisotopic (exact) mass is 287 g/mol. The second-order valence-corrected chi connectivity index (χ2v) is 6.36. The molecule has 4 aliphatic rings. The lowest BCUT2D eigenvalue weighted by molar-refractivity contribution is 0.0208. The average molecular weight is 287 g/mol. The first-order valence-corrected chi connectivity index (χ1v) is 7.45. The lowest BCUT2D eigenvalue weighted by Gasteiger charge is -2.31. The van der Waals surface area contributed by atoms with Gasteiger partial charge >= 0.3 is 0 Å². The van der Waals surface area contributed by atoms with Crippen LogP contribution in [0.1, 0.15) is 23.5 Å². The normalized spacial score (nSPS) is 38.8. The maximum atomic E-state index is 9.96. The van der Waals surface area contributed by atoms with Gasteiger partial charge in [-0.05, 0) is 35.3 Å². The average Bonchev–Trinajstić information content (AvgIpc) is 3.03. The summed E-state index contributed by atoms with van der Waals surface area (Å²) in [6.07, 6.45) is 1.08. The molecule has 110 valence electrons. The molecule has 0 amide bonds. The number of rotatable bonds is 0. The highest BCUT2D eigenvalue weighted by Gasteiger charge is 2.46. The first-order chi connectivity index (χ1) is 10.2. The number of hydrogen-bond donors (Lipinski definition) is 2. The third-order valence-corrected chi connectivity index (χ3v) is 5.25. The molecule has 5 rings (SSSR count). The summed E-state index contributed by atoms with van der Waals surface area (Å²) < 4.78 is 11.0. The molecule has 1 fully saturated rings. The summed E-state index contributed by atoms with van der Waals surface area (Å²) in [5.41, 5.74) is 3.81. The van der Waals surface area contributed by atoms with Crippen molar-refractivity contribution in [2.24, 2.45) is 0 Å². The van der Waals surface area contributed by atoms with Gasteiger partial charge in [-0.2, -0.15) is 0 Å². The summed E-state index contributed by atoms with van der Waals surface area (Å²) in [4.78, 5) is 2.40. The van der Waals surface area contributed by atoms with E-state index in [1.54, 1.807) is 0 Å². The van der Waals surface area contributed by atoms with E-state index in [-0.39, 0.29) is 6.04 Å². The summed E-state index contributed by atoms with van der Waals surface area (Å²) in [6, 6.07) is 4.43. The molecule has 1 aliphatic carbocycles. The molecule has 5 atom stereocenters. The van der Waals surface area contributed by atoms with Gasteiger partial charge in [0.2, 0.25) is 6.79 Å². The molecule has 1 saturated heterocycles. The molecule has 1 aromatic rings. The van der Waals surface area contributed by atoms with Crippen LogP contribution < -0.4 is 9.47 Å². The second kappa shape index (κ2) is 4.00. The zero-order chi connectivity index (χ0) is 14.1. The Morgan fingerprint density at radius 1 is 1.14 bits per heavy atom. The maximum Gasteiger partial charge on any atom is 0.231 e. The molecule has 1 aromatic carbocycles. The quantitative estimate of drug-likeness (QED) is 0.690. The molecule has 3 heterocycles. The van der Waals surface area contributed by atoms with Gasteiger partial charge in [0.1, 0.15) is 0 Å². The third kappa shape index (κ3) is 1.56. The fraction of sp³-hybridized carbons (Fsp3) is 0.500. The summed E-state index contributed by atoms with van der Waals surface area (Å²) in [5, 5.41) is 19.9. The van der Waals surface area contributed by atoms with E-state index in [1.807, 2.05) is 6.08 Å². The SMILES string of the molecule is O[C@@H]1C[C@@H]2C(=C[C@@H]1O)[C@@H]1CN2Cc2cc3c(cc21)OCO3. The molecule has 3 aliphatic heterocycles. The molecule has 21 heavy (non-hydrogen) atoms. The van der Waals surface area contributed by atoms with E-state index in [1.165, 1.54) is 16.7 Å². The molecular formula is C16H17NO4. The van der Waals surface area contributed by atoms with Crippen LogP contribution in [0.2, 0.25) is 0 Å². The predicted molar refractivity (Wildman–Crippen MR) is 74.2 cm³/mol. The van der Waals surface area contributed by atoms with E-state index in [0.29, 0.717) is 19.1 Å². The number of nitrogens with zero attached hydrogens (tertiary/aromatic N) is 1. The molecule has 0 radical (unpaired) electrons. The highest BCUT2D eigenvalue weighted by atomic mass is 16.7. The third-order valence-electron chi connectivity index (χ3n) is 5.25. The summed E-state index contributed by atoms with van der Waals surface area (Å²) >= 11 is 0. The molecule has 0 spiro atoms. The lowest BCUT2D eigenvalue weighted by atomic mass is 9.82. The molecule has 5 heteroatoms. The molecule has 1 unspecified atom stereocenters. The van der Waals surface area contributed by atoms with Crippen LogP contribution in [0.3, 0.4) is 0 Å². The molecule has 5 nitrogen and oxygen atoms in total. The van der Waals surface area contributed by atoms with Crippen molar-refractivity contribution in [2.45, 2.75) is 37.1 Å². The molecule has 2 N–H and O–H groups in total. The van der Waals surface area contributed by atoms with E-state index in [0.717, 1.165) is 24.6 Å². The van der Waals surface area contributed by atoms with Crippen molar-refractivity contribution in [3.05, 3.63) is 34.9 Å². The van der Waals surface area contributed by atoms with Gasteiger partial charge in [0.05, 0.1) is 12.2 Å². The van der Waals surface area contributed by atoms with E-state index >= 15 is 0 Å². The summed E-state index contributed by atoms with van der Waals surface area (Å²) in [6.45, 7) is 2.12. The van der Waals surface area contributed by atoms with Crippen LogP contribution in [0.5, 0.6) is 11.5 Å². The van der Waals surface area contributed by atoms with Crippen molar-refractivity contribution in [3.63, 3.8) is 0 Å². The smallest absolute Gasteiger partial charge is 0.231 e. The fourth-order valence-corrected chi connectivity index (χ4v) is 4.23. The molecule has 0 saturated carbocycles. The van der Waals surface area contributed by atoms with Gasteiger partial charge in [0, 0.05) is 25.0 Å². The maximum absolute atomic E-state index is 9.96. The molecule has 0 aromatic heterocycles. The van der Waals surface area contributed by atoms with Crippen LogP contribution in [-0.4, -0.2) is 46.7 Å². The van der Waals surface area contributed by atoms with Crippen molar-refractivity contribution in [1.82, 2.24) is 4.90 Å². The number of benzene rings is 1. The van der Waals surface area contributed by atoms with Crippen LogP contribution in [0.25, 0.3) is 0 Å². The summed E-state index contributed by atoms with van der Waals surface area (Å²) in [5.74, 6) is 1.95. The predicted octanol–water partition coefficient (Wildman–Crippen LogP) is 0.749. The zero-order valence-corrected chi connectivity index (χ0v) is 11.5. The fourth-order valence-electron chi connectivity index (χ4n) is 4.23. The first kappa shape index (κ1) is 12.0. The minimum absolute atomic E-state index is 0.248. The van der Waals surface area contributed by atoms with E-state index in [2.05, 4.69) is 17.0 Å². The first-order valence-electron chi connectivity index (χ1n) is 7.45. The van der Waals surface area contributed by atoms with Gasteiger partial charge in [-0.3, -0.25) is 4.90 Å². The van der Waals surface area contributed by atoms with Crippen molar-refractivity contribution in [2.75, 3.05) is 13.3 Å². The largest absolute Gasteiger partial charge is 0.454 e. The number of ether oxygens (including phenoxy) is 2. The van der Waals surface area contributed by atoms with Gasteiger partial charge < -0.3 is 19.7 Å². The van der Waals surface area contributed by atoms with E-state index < -0.39 is 12.2 Å². The van der Waals surface area contributed by atoms with Gasteiger partial charge in [-0.1, -0.05) is 6.08 Å². The Morgan fingerprint density at radius 3 is 2.81 bits per heavy atom. The number of aliphatic hydroxyl groups is 2. The highest BCUT2D eigenvalue weighted by molar-refractivity contribution is 5.54. The summed E-state index contributed by atoms with van der Waals surface area (Å²) in [7, 11) is 0. The van der Waals surface area contributed by atoms with Crippen LogP contribution in [-0.2, 0) is 6.54 Å². The van der Waals surface area contributed by atoms with Crippen molar-refractivity contribution in [3.8, 4) is 11.5 Å². The Morgan fingerprint density at radius 2 is 1.95 bits per heavy atom. The van der Waals surface area contributed by atoms with Crippen LogP contribution >= 0.6 is 0 Å². The number of aliphatic hydroxyl groups excluding tert-OH is 2. The Bertz CT molecular complexity index is 656. The van der Waals surface area contributed by atoms with E-state index in [4.69, 9.17) is 9.47 Å². The second-order valence-electron chi connectivity index (χ2n) is 6.36. The Labute approximate surface area is 122 Å². The number of hydrogen-bond acceptors (Lipinski definition) is 5. The highest BCUT2D eigenvalue weighted by Crippen LogP contribution is 2.49. The van der Waals surface area contributed by atoms with Gasteiger partial charge in [-0.25, -0.2) is 0 Å². The Balaban J connectivity index is 1.63. The van der Waals surface area contributed by atoms with Crippen LogP contribution in [0, 0.1) is 0 Å². The van der Waals surface area contributed by atoms with Gasteiger partial charge in [0.25, 0.3) is 0 Å². The Hall–Kier alpha value is -1.56. The van der Waals surface area contributed by atoms with Crippen LogP contribution in [0.15, 0.2) is 23.8 Å². The minimum Gasteiger partial charge on any atom is -0.454 e.